The zero-order chi connectivity index (χ0) is 17.5. The third kappa shape index (κ3) is 3.79. The van der Waals surface area contributed by atoms with Crippen LogP contribution in [-0.2, 0) is 11.3 Å². The van der Waals surface area contributed by atoms with Crippen molar-refractivity contribution >= 4 is 11.8 Å². The molecule has 2 rings (SSSR count). The van der Waals surface area contributed by atoms with Gasteiger partial charge in [-0.15, -0.1) is 0 Å². The van der Waals surface area contributed by atoms with Crippen molar-refractivity contribution in [3.8, 4) is 11.8 Å². The van der Waals surface area contributed by atoms with Gasteiger partial charge in [0, 0.05) is 5.56 Å². The van der Waals surface area contributed by atoms with Crippen LogP contribution in [0.25, 0.3) is 0 Å². The van der Waals surface area contributed by atoms with Crippen LogP contribution < -0.4 is 4.74 Å². The van der Waals surface area contributed by atoms with E-state index in [1.165, 1.54) is 19.1 Å². The summed E-state index contributed by atoms with van der Waals surface area (Å²) in [5.74, 6) is -0.759. The molecule has 0 spiro atoms. The SMILES string of the molecule is CCOC(=O)c1c(OCc2ccccc2)ccc(C(C)=O)c1C#N. The molecule has 0 N–H and O–H groups in total. The monoisotopic (exact) mass is 323 g/mol. The first-order chi connectivity index (χ1) is 11.6. The van der Waals surface area contributed by atoms with E-state index in [0.29, 0.717) is 0 Å². The van der Waals surface area contributed by atoms with Gasteiger partial charge in [0.2, 0.25) is 0 Å². The summed E-state index contributed by atoms with van der Waals surface area (Å²) in [5.41, 5.74) is 1.06. The molecule has 122 valence electrons. The van der Waals surface area contributed by atoms with Gasteiger partial charge in [-0.1, -0.05) is 30.3 Å². The van der Waals surface area contributed by atoms with E-state index in [1.807, 2.05) is 36.4 Å². The molecular weight excluding hydrogens is 306 g/mol. The van der Waals surface area contributed by atoms with Gasteiger partial charge in [-0.25, -0.2) is 4.79 Å². The Morgan fingerprint density at radius 1 is 1.12 bits per heavy atom. The standard InChI is InChI=1S/C19H17NO4/c1-3-23-19(22)18-16(11-20)15(13(2)21)9-10-17(18)24-12-14-7-5-4-6-8-14/h4-10H,3,12H2,1-2H3. The maximum absolute atomic E-state index is 12.3. The summed E-state index contributed by atoms with van der Waals surface area (Å²) in [6.07, 6.45) is 0. The zero-order valence-electron chi connectivity index (χ0n) is 13.5. The van der Waals surface area contributed by atoms with E-state index in [-0.39, 0.29) is 41.4 Å². The number of nitriles is 1. The molecule has 0 aromatic heterocycles. The highest BCUT2D eigenvalue weighted by molar-refractivity contribution is 6.03. The molecule has 0 aliphatic rings. The number of carbonyl (C=O) groups is 2. The van der Waals surface area contributed by atoms with Crippen LogP contribution in [-0.4, -0.2) is 18.4 Å². The van der Waals surface area contributed by atoms with Crippen molar-refractivity contribution in [3.05, 3.63) is 64.7 Å². The molecule has 0 amide bonds. The van der Waals surface area contributed by atoms with Crippen molar-refractivity contribution in [2.75, 3.05) is 6.61 Å². The Bertz CT molecular complexity index is 791. The van der Waals surface area contributed by atoms with Crippen LogP contribution in [0.15, 0.2) is 42.5 Å². The van der Waals surface area contributed by atoms with Gasteiger partial charge in [0.05, 0.1) is 12.2 Å². The predicted octanol–water partition coefficient (Wildman–Crippen LogP) is 3.52. The molecule has 0 unspecified atom stereocenters. The quantitative estimate of drug-likeness (QED) is 0.600. The summed E-state index contributed by atoms with van der Waals surface area (Å²) in [6, 6.07) is 14.4. The van der Waals surface area contributed by atoms with Crippen LogP contribution in [0.4, 0.5) is 0 Å². The number of ether oxygens (including phenoxy) is 2. The van der Waals surface area contributed by atoms with E-state index in [4.69, 9.17) is 9.47 Å². The fourth-order valence-corrected chi connectivity index (χ4v) is 2.25. The van der Waals surface area contributed by atoms with Crippen LogP contribution in [0.5, 0.6) is 5.75 Å². The van der Waals surface area contributed by atoms with Crippen molar-refractivity contribution < 1.29 is 19.1 Å². The topological polar surface area (TPSA) is 76.4 Å². The molecule has 0 aliphatic carbocycles. The van der Waals surface area contributed by atoms with E-state index in [0.717, 1.165) is 5.56 Å². The van der Waals surface area contributed by atoms with Crippen molar-refractivity contribution in [3.63, 3.8) is 0 Å². The van der Waals surface area contributed by atoms with E-state index in [1.54, 1.807) is 6.92 Å². The molecule has 0 fully saturated rings. The first-order valence-electron chi connectivity index (χ1n) is 7.50. The molecule has 0 saturated heterocycles. The maximum atomic E-state index is 12.3. The lowest BCUT2D eigenvalue weighted by atomic mass is 9.98. The van der Waals surface area contributed by atoms with Gasteiger partial charge in [-0.2, -0.15) is 5.26 Å². The minimum absolute atomic E-state index is 0.0111. The fraction of sp³-hybridized carbons (Fsp3) is 0.211. The first-order valence-corrected chi connectivity index (χ1v) is 7.50. The average Bonchev–Trinajstić information content (AvgIpc) is 2.59. The smallest absolute Gasteiger partial charge is 0.343 e. The second kappa shape index (κ2) is 7.93. The molecule has 0 bridgehead atoms. The molecule has 2 aromatic rings. The summed E-state index contributed by atoms with van der Waals surface area (Å²) >= 11 is 0. The lowest BCUT2D eigenvalue weighted by Gasteiger charge is -2.14. The minimum Gasteiger partial charge on any atom is -0.488 e. The van der Waals surface area contributed by atoms with Gasteiger partial charge in [0.1, 0.15) is 24.0 Å². The van der Waals surface area contributed by atoms with Gasteiger partial charge in [0.15, 0.2) is 5.78 Å². The number of benzene rings is 2. The summed E-state index contributed by atoms with van der Waals surface area (Å²) < 4.78 is 10.7. The Balaban J connectivity index is 2.44. The van der Waals surface area contributed by atoms with Crippen molar-refractivity contribution in [1.29, 1.82) is 5.26 Å². The number of rotatable bonds is 6. The van der Waals surface area contributed by atoms with Crippen molar-refractivity contribution in [2.24, 2.45) is 0 Å². The number of carbonyl (C=O) groups excluding carboxylic acids is 2. The lowest BCUT2D eigenvalue weighted by Crippen LogP contribution is -2.13. The van der Waals surface area contributed by atoms with Crippen LogP contribution in [0.3, 0.4) is 0 Å². The summed E-state index contributed by atoms with van der Waals surface area (Å²) in [4.78, 5) is 24.0. The summed E-state index contributed by atoms with van der Waals surface area (Å²) in [7, 11) is 0. The number of Topliss-reactive ketones (excluding diaryl/α,β-unsaturated/α-hetero) is 1. The van der Waals surface area contributed by atoms with E-state index in [2.05, 4.69) is 0 Å². The Hall–Kier alpha value is -3.13. The normalized spacial score (nSPS) is 9.88. The highest BCUT2D eigenvalue weighted by Crippen LogP contribution is 2.27. The summed E-state index contributed by atoms with van der Waals surface area (Å²) in [5, 5.41) is 9.41. The van der Waals surface area contributed by atoms with Crippen molar-refractivity contribution in [1.82, 2.24) is 0 Å². The lowest BCUT2D eigenvalue weighted by molar-refractivity contribution is 0.0521. The van der Waals surface area contributed by atoms with Crippen LogP contribution in [0.2, 0.25) is 0 Å². The molecule has 2 aromatic carbocycles. The van der Waals surface area contributed by atoms with Gasteiger partial charge in [-0.05, 0) is 31.5 Å². The predicted molar refractivity (Wildman–Crippen MR) is 87.9 cm³/mol. The molecule has 0 atom stereocenters. The molecule has 0 heterocycles. The molecule has 24 heavy (non-hydrogen) atoms. The Kier molecular flexibility index (Phi) is 5.69. The van der Waals surface area contributed by atoms with E-state index in [9.17, 15) is 14.9 Å². The van der Waals surface area contributed by atoms with E-state index >= 15 is 0 Å². The summed E-state index contributed by atoms with van der Waals surface area (Å²) in [6.45, 7) is 3.41. The molecule has 5 heteroatoms. The Morgan fingerprint density at radius 3 is 2.42 bits per heavy atom. The van der Waals surface area contributed by atoms with Crippen LogP contribution in [0, 0.1) is 11.3 Å². The molecule has 0 aliphatic heterocycles. The molecule has 0 radical (unpaired) electrons. The molecular formula is C19H17NO4. The third-order valence-corrected chi connectivity index (χ3v) is 3.37. The molecule has 0 saturated carbocycles. The Labute approximate surface area is 140 Å². The minimum atomic E-state index is -0.680. The van der Waals surface area contributed by atoms with Crippen LogP contribution in [0.1, 0.15) is 45.7 Å². The third-order valence-electron chi connectivity index (χ3n) is 3.37. The highest BCUT2D eigenvalue weighted by Gasteiger charge is 2.23. The van der Waals surface area contributed by atoms with Gasteiger partial charge in [0.25, 0.3) is 0 Å². The number of esters is 1. The largest absolute Gasteiger partial charge is 0.488 e. The van der Waals surface area contributed by atoms with Gasteiger partial charge in [-0.3, -0.25) is 4.79 Å². The second-order valence-corrected chi connectivity index (χ2v) is 5.02. The van der Waals surface area contributed by atoms with Gasteiger partial charge < -0.3 is 9.47 Å². The van der Waals surface area contributed by atoms with Crippen molar-refractivity contribution in [2.45, 2.75) is 20.5 Å². The number of hydrogen-bond donors (Lipinski definition) is 0. The van der Waals surface area contributed by atoms with Crippen LogP contribution >= 0.6 is 0 Å². The number of hydrogen-bond acceptors (Lipinski definition) is 5. The number of nitrogens with zero attached hydrogens (tertiary/aromatic N) is 1. The van der Waals surface area contributed by atoms with Gasteiger partial charge >= 0.3 is 5.97 Å². The maximum Gasteiger partial charge on any atom is 0.343 e. The average molecular weight is 323 g/mol. The number of ketones is 1. The second-order valence-electron chi connectivity index (χ2n) is 5.02. The fourth-order valence-electron chi connectivity index (χ4n) is 2.25. The highest BCUT2D eigenvalue weighted by atomic mass is 16.5. The van der Waals surface area contributed by atoms with E-state index < -0.39 is 5.97 Å². The Morgan fingerprint density at radius 2 is 1.83 bits per heavy atom. The first kappa shape index (κ1) is 17.2. The molecule has 5 nitrogen and oxygen atoms in total. The zero-order valence-corrected chi connectivity index (χ0v) is 13.5.